The molecule has 0 radical (unpaired) electrons. The Kier molecular flexibility index (Phi) is 5.00. The van der Waals surface area contributed by atoms with E-state index in [0.29, 0.717) is 27.8 Å². The van der Waals surface area contributed by atoms with E-state index >= 15 is 0 Å². The van der Waals surface area contributed by atoms with Gasteiger partial charge in [-0.15, -0.1) is 0 Å². The van der Waals surface area contributed by atoms with Crippen molar-refractivity contribution in [1.82, 2.24) is 0 Å². The Morgan fingerprint density at radius 1 is 1.15 bits per heavy atom. The summed E-state index contributed by atoms with van der Waals surface area (Å²) in [4.78, 5) is 25.1. The number of ether oxygens (including phenoxy) is 2. The van der Waals surface area contributed by atoms with Crippen LogP contribution in [0.4, 0.5) is 5.69 Å². The molecule has 3 rings (SSSR count). The van der Waals surface area contributed by atoms with Gasteiger partial charge in [0, 0.05) is 22.9 Å². The van der Waals surface area contributed by atoms with Gasteiger partial charge in [0.2, 0.25) is 0 Å². The number of benzene rings is 2. The molecule has 1 heterocycles. The third-order valence-electron chi connectivity index (χ3n) is 4.05. The average molecular weight is 372 g/mol. The summed E-state index contributed by atoms with van der Waals surface area (Å²) in [6, 6.07) is 10.2. The fourth-order valence-electron chi connectivity index (χ4n) is 2.73. The summed E-state index contributed by atoms with van der Waals surface area (Å²) >= 11 is 6.33. The number of carbonyl (C=O) groups excluding carboxylic acids is 2. The first-order valence-corrected chi connectivity index (χ1v) is 8.50. The van der Waals surface area contributed by atoms with Crippen molar-refractivity contribution in [3.8, 4) is 11.5 Å². The van der Waals surface area contributed by atoms with Crippen molar-refractivity contribution in [3.63, 3.8) is 0 Å². The Bertz CT molecular complexity index is 905. The topological polar surface area (TPSA) is 55.8 Å². The van der Waals surface area contributed by atoms with Crippen LogP contribution < -0.4 is 9.64 Å². The maximum atomic E-state index is 11.9. The van der Waals surface area contributed by atoms with Crippen LogP contribution in [-0.4, -0.2) is 19.0 Å². The molecule has 1 amide bonds. The highest BCUT2D eigenvalue weighted by Crippen LogP contribution is 2.40. The molecule has 0 saturated heterocycles. The number of hydrogen-bond acceptors (Lipinski definition) is 4. The van der Waals surface area contributed by atoms with Crippen LogP contribution in [0, 0.1) is 0 Å². The van der Waals surface area contributed by atoms with E-state index in [1.54, 1.807) is 36.5 Å². The van der Waals surface area contributed by atoms with Crippen molar-refractivity contribution < 1.29 is 19.1 Å². The van der Waals surface area contributed by atoms with Crippen molar-refractivity contribution in [2.24, 2.45) is 0 Å². The number of esters is 1. The van der Waals surface area contributed by atoms with Gasteiger partial charge in [-0.2, -0.15) is 0 Å². The van der Waals surface area contributed by atoms with Crippen LogP contribution in [0.3, 0.4) is 0 Å². The van der Waals surface area contributed by atoms with Crippen LogP contribution in [0.1, 0.15) is 35.7 Å². The molecule has 2 aromatic rings. The molecule has 2 aromatic carbocycles. The first-order valence-electron chi connectivity index (χ1n) is 8.12. The molecule has 0 bridgehead atoms. The molecule has 26 heavy (non-hydrogen) atoms. The third-order valence-corrected chi connectivity index (χ3v) is 4.38. The molecule has 0 aliphatic carbocycles. The molecule has 0 fully saturated rings. The second-order valence-electron chi connectivity index (χ2n) is 6.11. The SMILES string of the molecule is COC(=O)c1ccc(N2C=CC2=O)c(Oc2cccc(Cl)c2C(C)C)c1. The Balaban J connectivity index is 2.08. The second kappa shape index (κ2) is 7.22. The molecule has 0 aromatic heterocycles. The lowest BCUT2D eigenvalue weighted by Crippen LogP contribution is -2.31. The van der Waals surface area contributed by atoms with Gasteiger partial charge in [-0.25, -0.2) is 4.79 Å². The van der Waals surface area contributed by atoms with E-state index in [9.17, 15) is 9.59 Å². The number of carbonyl (C=O) groups is 2. The smallest absolute Gasteiger partial charge is 0.337 e. The number of hydrogen-bond donors (Lipinski definition) is 0. The molecule has 6 heteroatoms. The van der Waals surface area contributed by atoms with Gasteiger partial charge >= 0.3 is 5.97 Å². The van der Waals surface area contributed by atoms with E-state index in [0.717, 1.165) is 5.56 Å². The lowest BCUT2D eigenvalue weighted by Gasteiger charge is -2.26. The zero-order valence-electron chi connectivity index (χ0n) is 14.7. The molecule has 0 unspecified atom stereocenters. The van der Waals surface area contributed by atoms with Crippen LogP contribution in [-0.2, 0) is 9.53 Å². The van der Waals surface area contributed by atoms with Gasteiger partial charge < -0.3 is 9.47 Å². The molecule has 1 aliphatic heterocycles. The summed E-state index contributed by atoms with van der Waals surface area (Å²) in [6.45, 7) is 4.03. The number of nitrogens with zero attached hydrogens (tertiary/aromatic N) is 1. The molecule has 1 aliphatic rings. The van der Waals surface area contributed by atoms with E-state index in [2.05, 4.69) is 0 Å². The largest absolute Gasteiger partial charge is 0.465 e. The van der Waals surface area contributed by atoms with Crippen LogP contribution in [0.15, 0.2) is 48.7 Å². The molecule has 0 atom stereocenters. The zero-order valence-corrected chi connectivity index (χ0v) is 15.4. The predicted octanol–water partition coefficient (Wildman–Crippen LogP) is 4.90. The van der Waals surface area contributed by atoms with E-state index in [-0.39, 0.29) is 11.8 Å². The maximum absolute atomic E-state index is 11.9. The maximum Gasteiger partial charge on any atom is 0.337 e. The van der Waals surface area contributed by atoms with Gasteiger partial charge in [-0.3, -0.25) is 9.69 Å². The fourth-order valence-corrected chi connectivity index (χ4v) is 3.12. The normalized spacial score (nSPS) is 13.0. The number of rotatable bonds is 5. The lowest BCUT2D eigenvalue weighted by atomic mass is 10.0. The van der Waals surface area contributed by atoms with Crippen LogP contribution >= 0.6 is 11.6 Å². The van der Waals surface area contributed by atoms with Crippen LogP contribution in [0.5, 0.6) is 11.5 Å². The third kappa shape index (κ3) is 3.30. The molecule has 0 N–H and O–H groups in total. The standard InChI is InChI=1S/C20H18ClNO4/c1-12(2)19-14(21)5-4-6-16(19)26-17-11-13(20(24)25-3)7-8-15(17)22-10-9-18(22)23/h4-12H,1-3H3. The van der Waals surface area contributed by atoms with Crippen molar-refractivity contribution in [2.75, 3.05) is 12.0 Å². The van der Waals surface area contributed by atoms with E-state index in [1.807, 2.05) is 19.9 Å². The molecule has 5 nitrogen and oxygen atoms in total. The monoisotopic (exact) mass is 371 g/mol. The fraction of sp³-hybridized carbons (Fsp3) is 0.200. The van der Waals surface area contributed by atoms with Crippen molar-refractivity contribution in [1.29, 1.82) is 0 Å². The Hall–Kier alpha value is -2.79. The first-order chi connectivity index (χ1) is 12.4. The second-order valence-corrected chi connectivity index (χ2v) is 6.51. The van der Waals surface area contributed by atoms with E-state index in [4.69, 9.17) is 21.1 Å². The zero-order chi connectivity index (χ0) is 18.8. The minimum atomic E-state index is -0.484. The van der Waals surface area contributed by atoms with E-state index < -0.39 is 5.97 Å². The molecular formula is C20H18ClNO4. The Morgan fingerprint density at radius 3 is 2.50 bits per heavy atom. The van der Waals surface area contributed by atoms with Gasteiger partial charge in [0.25, 0.3) is 5.91 Å². The Labute approximate surface area is 156 Å². The number of anilines is 1. The lowest BCUT2D eigenvalue weighted by molar-refractivity contribution is -0.114. The van der Waals surface area contributed by atoms with Gasteiger partial charge in [0.1, 0.15) is 5.75 Å². The number of methoxy groups -OCH3 is 1. The quantitative estimate of drug-likeness (QED) is 0.701. The summed E-state index contributed by atoms with van der Waals surface area (Å²) in [5, 5.41) is 0.600. The highest BCUT2D eigenvalue weighted by molar-refractivity contribution is 6.31. The van der Waals surface area contributed by atoms with Crippen molar-refractivity contribution >= 4 is 29.2 Å². The minimum absolute atomic E-state index is 0.136. The van der Waals surface area contributed by atoms with Crippen molar-refractivity contribution in [3.05, 3.63) is 64.8 Å². The first kappa shape index (κ1) is 18.0. The number of amides is 1. The van der Waals surface area contributed by atoms with Crippen LogP contribution in [0.25, 0.3) is 0 Å². The van der Waals surface area contributed by atoms with E-state index in [1.165, 1.54) is 18.1 Å². The highest BCUT2D eigenvalue weighted by Gasteiger charge is 2.24. The molecule has 134 valence electrons. The van der Waals surface area contributed by atoms with Gasteiger partial charge in [0.15, 0.2) is 5.75 Å². The highest BCUT2D eigenvalue weighted by atomic mass is 35.5. The summed E-state index contributed by atoms with van der Waals surface area (Å²) in [7, 11) is 1.31. The molecule has 0 saturated carbocycles. The number of halogens is 1. The minimum Gasteiger partial charge on any atom is -0.465 e. The predicted molar refractivity (Wildman–Crippen MR) is 100 cm³/mol. The molecule has 0 spiro atoms. The van der Waals surface area contributed by atoms with Gasteiger partial charge in [-0.05, 0) is 36.2 Å². The summed E-state index contributed by atoms with van der Waals surface area (Å²) in [6.07, 6.45) is 3.10. The van der Waals surface area contributed by atoms with Crippen molar-refractivity contribution in [2.45, 2.75) is 19.8 Å². The average Bonchev–Trinajstić information content (AvgIpc) is 2.60. The Morgan fingerprint density at radius 2 is 1.92 bits per heavy atom. The van der Waals surface area contributed by atoms with Gasteiger partial charge in [0.05, 0.1) is 18.4 Å². The van der Waals surface area contributed by atoms with Gasteiger partial charge in [-0.1, -0.05) is 31.5 Å². The summed E-state index contributed by atoms with van der Waals surface area (Å²) in [5.74, 6) is 0.442. The summed E-state index contributed by atoms with van der Waals surface area (Å²) < 4.78 is 10.9. The summed E-state index contributed by atoms with van der Waals surface area (Å²) in [5.41, 5.74) is 1.73. The molecular weight excluding hydrogens is 354 g/mol. The van der Waals surface area contributed by atoms with Crippen LogP contribution in [0.2, 0.25) is 5.02 Å².